The minimum Gasteiger partial charge on any atom is -0.550 e. The Kier molecular flexibility index (Phi) is 55.0. The molecule has 0 spiro atoms. The van der Waals surface area contributed by atoms with Gasteiger partial charge in [-0.15, -0.1) is 0 Å². The van der Waals surface area contributed by atoms with Crippen LogP contribution in [0.4, 0.5) is 0 Å². The molecule has 0 aliphatic heterocycles. The molecule has 0 unspecified atom stereocenters. The maximum Gasteiger partial charge on any atom is 0.114 e. The van der Waals surface area contributed by atoms with E-state index in [1.807, 2.05) is 0 Å². The summed E-state index contributed by atoms with van der Waals surface area (Å²) in [5.41, 5.74) is -2.97. The van der Waals surface area contributed by atoms with Crippen LogP contribution in [0.1, 0.15) is 12.8 Å². The van der Waals surface area contributed by atoms with Crippen molar-refractivity contribution in [3.8, 4) is 0 Å². The second-order valence-electron chi connectivity index (χ2n) is 2.42. The van der Waals surface area contributed by atoms with Gasteiger partial charge in [0, 0.05) is 102 Å². The molecule has 0 aromatic rings. The van der Waals surface area contributed by atoms with Crippen LogP contribution in [0.2, 0.25) is 0 Å². The van der Waals surface area contributed by atoms with Crippen molar-refractivity contribution in [3.63, 3.8) is 0 Å². The molecule has 12 N–H and O–H groups in total. The molecule has 0 radical (unpaired) electrons. The minimum atomic E-state index is -2.97. The van der Waals surface area contributed by atoms with Crippen LogP contribution < -0.4 is 33.8 Å². The number of hydrogen-bond donors (Lipinski definition) is 4. The van der Waals surface area contributed by atoms with E-state index >= 15 is 0 Å². The van der Waals surface area contributed by atoms with E-state index in [4.69, 9.17) is 5.11 Å². The molecule has 0 aliphatic carbocycles. The van der Waals surface area contributed by atoms with Gasteiger partial charge in [-0.05, 0) is 0 Å². The largest absolute Gasteiger partial charge is 0.550 e. The predicted molar refractivity (Wildman–Crippen MR) is 47.9 cm³/mol. The van der Waals surface area contributed by atoms with E-state index < -0.39 is 36.4 Å². The summed E-state index contributed by atoms with van der Waals surface area (Å²) in [4.78, 5) is 30.0. The van der Waals surface area contributed by atoms with Crippen LogP contribution in [0, 0.1) is 0 Å². The summed E-state index contributed by atoms with van der Waals surface area (Å²) in [7, 11) is 0. The Hall–Kier alpha value is 0.820. The summed E-state index contributed by atoms with van der Waals surface area (Å²) in [6, 6.07) is 0. The molecule has 0 aromatic heterocycles. The van der Waals surface area contributed by atoms with Crippen molar-refractivity contribution in [2.75, 3.05) is 0 Å². The quantitative estimate of drug-likeness (QED) is 0.192. The third-order valence-electron chi connectivity index (χ3n) is 1.25. The molecular formula is C6H16Hf3N3O8-3. The fourth-order valence-corrected chi connectivity index (χ4v) is 0.684. The van der Waals surface area contributed by atoms with Gasteiger partial charge in [0.1, 0.15) is 5.60 Å². The number of rotatable bonds is 5. The van der Waals surface area contributed by atoms with E-state index in [1.165, 1.54) is 0 Å². The van der Waals surface area contributed by atoms with Gasteiger partial charge in [-0.3, -0.25) is 0 Å². The first-order chi connectivity index (χ1) is 5.78. The monoisotopic (exact) mass is 798 g/mol. The fraction of sp³-hybridized carbons (Fsp3) is 0.500. The number of carboxylic acid groups (broad SMARTS) is 3. The van der Waals surface area contributed by atoms with Crippen molar-refractivity contribution in [3.05, 3.63) is 0 Å². The number of aliphatic carboxylic acids is 3. The smallest absolute Gasteiger partial charge is 0.114 e. The number of aliphatic hydroxyl groups is 1. The standard InChI is InChI=1S/C6H8O7.3Hf.3H3N.H2O/c7-3(8)1-6(13,5(11)12)2-4(9)10;;;;;;;/h13H,1-2H2,(H,7,8)(H,9,10)(H,11,12);;;;3*1H3;1H2/p-3. The van der Waals surface area contributed by atoms with Gasteiger partial charge < -0.3 is 58.7 Å². The Morgan fingerprint density at radius 1 is 0.800 bits per heavy atom. The Balaban J connectivity index is -0.0000000343. The first-order valence-corrected chi connectivity index (χ1v) is 3.11. The molecule has 0 rings (SSSR count). The van der Waals surface area contributed by atoms with Gasteiger partial charge in [0.25, 0.3) is 0 Å². The molecule has 0 heterocycles. The van der Waals surface area contributed by atoms with Crippen LogP contribution in [-0.2, 0) is 91.9 Å². The molecule has 0 saturated heterocycles. The van der Waals surface area contributed by atoms with Crippen molar-refractivity contribution >= 4 is 17.9 Å². The first kappa shape index (κ1) is 49.8. The summed E-state index contributed by atoms with van der Waals surface area (Å²) in [6.45, 7) is 0. The van der Waals surface area contributed by atoms with Crippen LogP contribution in [0.5, 0.6) is 0 Å². The van der Waals surface area contributed by atoms with Crippen LogP contribution in [-0.4, -0.2) is 34.1 Å². The molecular weight excluding hydrogens is 778 g/mol. The molecule has 20 heavy (non-hydrogen) atoms. The molecule has 0 aromatic carbocycles. The van der Waals surface area contributed by atoms with Gasteiger partial charge in [0.15, 0.2) is 0 Å². The van der Waals surface area contributed by atoms with E-state index in [1.54, 1.807) is 0 Å². The molecule has 0 bridgehead atoms. The van der Waals surface area contributed by atoms with E-state index in [0.717, 1.165) is 0 Å². The molecule has 11 nitrogen and oxygen atoms in total. The summed E-state index contributed by atoms with van der Waals surface area (Å²) in [5.74, 6) is -5.98. The fourth-order valence-electron chi connectivity index (χ4n) is 0.684. The van der Waals surface area contributed by atoms with Gasteiger partial charge in [-0.1, -0.05) is 0 Å². The summed E-state index contributed by atoms with van der Waals surface area (Å²) in [6.07, 6.45) is -2.72. The number of carbonyl (C=O) groups excluding carboxylic acids is 3. The molecule has 0 amide bonds. The van der Waals surface area contributed by atoms with Gasteiger partial charge in [-0.2, -0.15) is 0 Å². The second kappa shape index (κ2) is 22.1. The topological polar surface area (TPSA) is 277 Å². The minimum absolute atomic E-state index is 0. The predicted octanol–water partition coefficient (Wildman–Crippen LogP) is -5.60. The zero-order valence-corrected chi connectivity index (χ0v) is 21.2. The molecule has 118 valence electrons. The maximum atomic E-state index is 10.1. The Labute approximate surface area is 171 Å². The number of carbonyl (C=O) groups is 3. The molecule has 0 atom stereocenters. The van der Waals surface area contributed by atoms with Crippen molar-refractivity contribution in [2.24, 2.45) is 0 Å². The summed E-state index contributed by atoms with van der Waals surface area (Å²) in [5, 5.41) is 38.9. The normalized spacial score (nSPS) is 7.05. The van der Waals surface area contributed by atoms with Gasteiger partial charge in [0.05, 0.1) is 5.97 Å². The van der Waals surface area contributed by atoms with Crippen LogP contribution in [0.3, 0.4) is 0 Å². The van der Waals surface area contributed by atoms with E-state index in [-0.39, 0.29) is 101 Å². The molecule has 0 aliphatic rings. The Morgan fingerprint density at radius 3 is 1.10 bits per heavy atom. The summed E-state index contributed by atoms with van der Waals surface area (Å²) < 4.78 is 0. The van der Waals surface area contributed by atoms with Crippen molar-refractivity contribution in [2.45, 2.75) is 18.4 Å². The van der Waals surface area contributed by atoms with Gasteiger partial charge in [-0.25, -0.2) is 0 Å². The first-order valence-electron chi connectivity index (χ1n) is 3.11. The van der Waals surface area contributed by atoms with E-state index in [9.17, 15) is 29.7 Å². The summed E-state index contributed by atoms with van der Waals surface area (Å²) >= 11 is 0. The van der Waals surface area contributed by atoms with Crippen molar-refractivity contribution in [1.82, 2.24) is 18.5 Å². The SMILES string of the molecule is N.N.N.O.O=C([O-])CC(O)(CC(=O)[O-])C(=O)[O-].[Hf].[Hf].[Hf]. The zero-order valence-electron chi connectivity index (χ0n) is 10.4. The third-order valence-corrected chi connectivity index (χ3v) is 1.25. The Morgan fingerprint density at radius 2 is 1.00 bits per heavy atom. The van der Waals surface area contributed by atoms with Gasteiger partial charge in [0.2, 0.25) is 0 Å². The van der Waals surface area contributed by atoms with Crippen molar-refractivity contribution < 1.29 is 118 Å². The maximum absolute atomic E-state index is 10.1. The average Bonchev–Trinajstić information content (AvgIpc) is 1.82. The van der Waals surface area contributed by atoms with E-state index in [2.05, 4.69) is 0 Å². The van der Waals surface area contributed by atoms with Crippen LogP contribution in [0.25, 0.3) is 0 Å². The van der Waals surface area contributed by atoms with Crippen LogP contribution >= 0.6 is 0 Å². The average molecular weight is 794 g/mol. The zero-order chi connectivity index (χ0) is 10.6. The molecule has 0 fully saturated rings. The Bertz CT molecular complexity index is 252. The van der Waals surface area contributed by atoms with Crippen molar-refractivity contribution in [1.29, 1.82) is 0 Å². The van der Waals surface area contributed by atoms with E-state index in [0.29, 0.717) is 0 Å². The molecule has 0 saturated carbocycles. The third kappa shape index (κ3) is 21.1. The second-order valence-corrected chi connectivity index (χ2v) is 2.42. The van der Waals surface area contributed by atoms with Crippen LogP contribution in [0.15, 0.2) is 0 Å². The number of hydrogen-bond acceptors (Lipinski definition) is 10. The molecule has 14 heteroatoms. The van der Waals surface area contributed by atoms with Gasteiger partial charge >= 0.3 is 0 Å². The number of carboxylic acids is 3.